The normalized spacial score (nSPS) is 25.2. The molecule has 1 atom stereocenters. The predicted octanol–water partition coefficient (Wildman–Crippen LogP) is 0.483. The highest BCUT2D eigenvalue weighted by Crippen LogP contribution is 2.52. The van der Waals surface area contributed by atoms with E-state index in [-0.39, 0.29) is 23.8 Å². The van der Waals surface area contributed by atoms with Gasteiger partial charge in [-0.2, -0.15) is 0 Å². The highest BCUT2D eigenvalue weighted by atomic mass is 16.3. The van der Waals surface area contributed by atoms with Crippen LogP contribution in [0.2, 0.25) is 0 Å². The molecular weight excluding hydrogens is 154 g/mol. The van der Waals surface area contributed by atoms with Gasteiger partial charge in [0.15, 0.2) is 0 Å². The van der Waals surface area contributed by atoms with Gasteiger partial charge in [0.1, 0.15) is 0 Å². The Hall–Kier alpha value is -0.570. The van der Waals surface area contributed by atoms with E-state index >= 15 is 0 Å². The molecular formula is C9H17NO2. The Balaban J connectivity index is 2.39. The summed E-state index contributed by atoms with van der Waals surface area (Å²) in [5.41, 5.74) is 0.195. The summed E-state index contributed by atoms with van der Waals surface area (Å²) in [4.78, 5) is 13.1. The van der Waals surface area contributed by atoms with Gasteiger partial charge in [-0.15, -0.1) is 0 Å². The quantitative estimate of drug-likeness (QED) is 0.671. The highest BCUT2D eigenvalue weighted by Gasteiger charge is 2.51. The van der Waals surface area contributed by atoms with Crippen LogP contribution in [0.1, 0.15) is 20.3 Å². The zero-order chi connectivity index (χ0) is 9.35. The minimum absolute atomic E-state index is 0.0510. The monoisotopic (exact) mass is 171 g/mol. The molecule has 0 saturated heterocycles. The third-order valence-corrected chi connectivity index (χ3v) is 2.62. The molecule has 0 heterocycles. The van der Waals surface area contributed by atoms with Gasteiger partial charge >= 0.3 is 0 Å². The lowest BCUT2D eigenvalue weighted by atomic mass is 10.1. The summed E-state index contributed by atoms with van der Waals surface area (Å²) >= 11 is 0. The van der Waals surface area contributed by atoms with E-state index in [0.29, 0.717) is 6.54 Å². The van der Waals surface area contributed by atoms with E-state index in [1.807, 2.05) is 0 Å². The second-order valence-electron chi connectivity index (χ2n) is 4.23. The molecule has 1 aliphatic rings. The van der Waals surface area contributed by atoms with E-state index in [1.165, 1.54) is 0 Å². The van der Waals surface area contributed by atoms with Crippen molar-refractivity contribution in [2.75, 3.05) is 20.2 Å². The maximum atomic E-state index is 11.5. The Labute approximate surface area is 73.4 Å². The molecule has 12 heavy (non-hydrogen) atoms. The van der Waals surface area contributed by atoms with Crippen molar-refractivity contribution in [1.82, 2.24) is 4.90 Å². The van der Waals surface area contributed by atoms with Crippen molar-refractivity contribution in [1.29, 1.82) is 0 Å². The molecule has 0 aromatic carbocycles. The Kier molecular flexibility index (Phi) is 2.42. The third-order valence-electron chi connectivity index (χ3n) is 2.62. The summed E-state index contributed by atoms with van der Waals surface area (Å²) in [6.45, 7) is 4.70. The molecule has 3 heteroatoms. The van der Waals surface area contributed by atoms with Crippen LogP contribution in [0.4, 0.5) is 0 Å². The molecule has 0 spiro atoms. The standard InChI is InChI=1S/C9H17NO2/c1-9(2)6-7(9)8(12)10(3)4-5-11/h7,11H,4-6H2,1-3H3. The third kappa shape index (κ3) is 1.78. The van der Waals surface area contributed by atoms with Crippen LogP contribution >= 0.6 is 0 Å². The van der Waals surface area contributed by atoms with Gasteiger partial charge in [0, 0.05) is 19.5 Å². The van der Waals surface area contributed by atoms with E-state index in [2.05, 4.69) is 13.8 Å². The zero-order valence-corrected chi connectivity index (χ0v) is 8.00. The van der Waals surface area contributed by atoms with Gasteiger partial charge in [-0.1, -0.05) is 13.8 Å². The van der Waals surface area contributed by atoms with Gasteiger partial charge in [0.25, 0.3) is 0 Å². The van der Waals surface area contributed by atoms with E-state index < -0.39 is 0 Å². The van der Waals surface area contributed by atoms with Crippen LogP contribution in [-0.2, 0) is 4.79 Å². The number of rotatable bonds is 3. The summed E-state index contributed by atoms with van der Waals surface area (Å²) in [7, 11) is 1.74. The zero-order valence-electron chi connectivity index (χ0n) is 8.00. The molecule has 1 saturated carbocycles. The number of hydrogen-bond donors (Lipinski definition) is 1. The van der Waals surface area contributed by atoms with Crippen molar-refractivity contribution in [2.24, 2.45) is 11.3 Å². The number of likely N-dealkylation sites (N-methyl/N-ethyl adjacent to an activating group) is 1. The molecule has 0 bridgehead atoms. The fourth-order valence-corrected chi connectivity index (χ4v) is 1.41. The Morgan fingerprint density at radius 3 is 2.50 bits per heavy atom. The maximum absolute atomic E-state index is 11.5. The Morgan fingerprint density at radius 1 is 1.67 bits per heavy atom. The molecule has 1 N–H and O–H groups in total. The summed E-state index contributed by atoms with van der Waals surface area (Å²) in [6, 6.07) is 0. The van der Waals surface area contributed by atoms with Gasteiger partial charge in [-0.25, -0.2) is 0 Å². The van der Waals surface area contributed by atoms with Crippen molar-refractivity contribution in [3.63, 3.8) is 0 Å². The summed E-state index contributed by atoms with van der Waals surface area (Å²) < 4.78 is 0. The number of carbonyl (C=O) groups is 1. The largest absolute Gasteiger partial charge is 0.395 e. The van der Waals surface area contributed by atoms with Crippen LogP contribution in [-0.4, -0.2) is 36.1 Å². The number of amides is 1. The minimum atomic E-state index is 0.0510. The maximum Gasteiger partial charge on any atom is 0.226 e. The first-order valence-corrected chi connectivity index (χ1v) is 4.35. The van der Waals surface area contributed by atoms with Crippen molar-refractivity contribution in [3.8, 4) is 0 Å². The number of hydrogen-bond acceptors (Lipinski definition) is 2. The van der Waals surface area contributed by atoms with Gasteiger partial charge in [-0.05, 0) is 11.8 Å². The first kappa shape index (κ1) is 9.52. The molecule has 1 amide bonds. The first-order chi connectivity index (χ1) is 5.49. The molecule has 3 nitrogen and oxygen atoms in total. The molecule has 0 radical (unpaired) electrons. The summed E-state index contributed by atoms with van der Waals surface area (Å²) in [5.74, 6) is 0.364. The van der Waals surface area contributed by atoms with Crippen molar-refractivity contribution < 1.29 is 9.90 Å². The average molecular weight is 171 g/mol. The molecule has 70 valence electrons. The Morgan fingerprint density at radius 2 is 2.17 bits per heavy atom. The van der Waals surface area contributed by atoms with Crippen molar-refractivity contribution in [3.05, 3.63) is 0 Å². The molecule has 0 aliphatic heterocycles. The first-order valence-electron chi connectivity index (χ1n) is 4.35. The second kappa shape index (κ2) is 3.05. The van der Waals surface area contributed by atoms with Crippen LogP contribution < -0.4 is 0 Å². The van der Waals surface area contributed by atoms with Gasteiger partial charge in [0.2, 0.25) is 5.91 Å². The van der Waals surface area contributed by atoms with Crippen LogP contribution in [0.15, 0.2) is 0 Å². The predicted molar refractivity (Wildman–Crippen MR) is 46.6 cm³/mol. The highest BCUT2D eigenvalue weighted by molar-refractivity contribution is 5.82. The van der Waals surface area contributed by atoms with Crippen LogP contribution in [0.25, 0.3) is 0 Å². The van der Waals surface area contributed by atoms with E-state index in [4.69, 9.17) is 5.11 Å². The molecule has 1 fully saturated rings. The fraction of sp³-hybridized carbons (Fsp3) is 0.889. The average Bonchev–Trinajstić information content (AvgIpc) is 2.59. The van der Waals surface area contributed by atoms with Crippen molar-refractivity contribution in [2.45, 2.75) is 20.3 Å². The van der Waals surface area contributed by atoms with Gasteiger partial charge in [-0.3, -0.25) is 4.79 Å². The number of aliphatic hydroxyl groups is 1. The number of aliphatic hydroxyl groups excluding tert-OH is 1. The van der Waals surface area contributed by atoms with Crippen LogP contribution in [0.5, 0.6) is 0 Å². The minimum Gasteiger partial charge on any atom is -0.395 e. The smallest absolute Gasteiger partial charge is 0.226 e. The lowest BCUT2D eigenvalue weighted by molar-refractivity contribution is -0.132. The molecule has 0 aromatic heterocycles. The van der Waals surface area contributed by atoms with E-state index in [0.717, 1.165) is 6.42 Å². The molecule has 1 aliphatic carbocycles. The topological polar surface area (TPSA) is 40.5 Å². The lowest BCUT2D eigenvalue weighted by Gasteiger charge is -2.16. The van der Waals surface area contributed by atoms with Gasteiger partial charge < -0.3 is 10.0 Å². The Bertz CT molecular complexity index is 189. The fourth-order valence-electron chi connectivity index (χ4n) is 1.41. The molecule has 1 rings (SSSR count). The number of carbonyl (C=O) groups excluding carboxylic acids is 1. The van der Waals surface area contributed by atoms with E-state index in [9.17, 15) is 4.79 Å². The molecule has 0 aromatic rings. The van der Waals surface area contributed by atoms with Gasteiger partial charge in [0.05, 0.1) is 6.61 Å². The second-order valence-corrected chi connectivity index (χ2v) is 4.23. The van der Waals surface area contributed by atoms with Crippen LogP contribution in [0, 0.1) is 11.3 Å². The van der Waals surface area contributed by atoms with Crippen molar-refractivity contribution >= 4 is 5.91 Å². The van der Waals surface area contributed by atoms with Crippen LogP contribution in [0.3, 0.4) is 0 Å². The SMILES string of the molecule is CN(CCO)C(=O)C1CC1(C)C. The summed E-state index contributed by atoms with van der Waals surface area (Å²) in [5, 5.41) is 8.62. The number of nitrogens with zero attached hydrogens (tertiary/aromatic N) is 1. The van der Waals surface area contributed by atoms with E-state index in [1.54, 1.807) is 11.9 Å². The molecule has 1 unspecified atom stereocenters. The lowest BCUT2D eigenvalue weighted by Crippen LogP contribution is -2.31. The summed E-state index contributed by atoms with van der Waals surface area (Å²) in [6.07, 6.45) is 0.988.